The summed E-state index contributed by atoms with van der Waals surface area (Å²) in [6.45, 7) is 14.6. The summed E-state index contributed by atoms with van der Waals surface area (Å²) < 4.78 is 0. The van der Waals surface area contributed by atoms with Crippen LogP contribution in [0.3, 0.4) is 0 Å². The van der Waals surface area contributed by atoms with Crippen LogP contribution in [0, 0.1) is 10.8 Å². The van der Waals surface area contributed by atoms with Crippen LogP contribution < -0.4 is 5.32 Å². The Balaban J connectivity index is 1.77. The molecule has 0 unspecified atom stereocenters. The lowest BCUT2D eigenvalue weighted by molar-refractivity contribution is 0.0804. The van der Waals surface area contributed by atoms with Gasteiger partial charge in [-0.3, -0.25) is 0 Å². The summed E-state index contributed by atoms with van der Waals surface area (Å²) in [7, 11) is 0. The molecule has 100 valence electrons. The van der Waals surface area contributed by atoms with E-state index in [2.05, 4.69) is 37.9 Å². The quantitative estimate of drug-likeness (QED) is 0.792. The van der Waals surface area contributed by atoms with Gasteiger partial charge in [0.2, 0.25) is 0 Å². The Bertz CT molecular complexity index is 254. The summed E-state index contributed by atoms with van der Waals surface area (Å²) in [6, 6.07) is 0.840. The average molecular weight is 238 g/mol. The van der Waals surface area contributed by atoms with Gasteiger partial charge in [0.25, 0.3) is 0 Å². The Labute approximate surface area is 107 Å². The average Bonchev–Trinajstić information content (AvgIpc) is 2.95. The molecule has 2 nitrogen and oxygen atoms in total. The van der Waals surface area contributed by atoms with Crippen LogP contribution in [0.25, 0.3) is 0 Å². The molecule has 2 rings (SSSR count). The number of hydrogen-bond donors (Lipinski definition) is 1. The summed E-state index contributed by atoms with van der Waals surface area (Å²) in [5.41, 5.74) is 0.939. The maximum absolute atomic E-state index is 3.68. The second-order valence-corrected chi connectivity index (χ2v) is 7.80. The number of rotatable bonds is 5. The molecule has 2 fully saturated rings. The van der Waals surface area contributed by atoms with Crippen LogP contribution in [-0.2, 0) is 0 Å². The van der Waals surface area contributed by atoms with E-state index in [9.17, 15) is 0 Å². The fraction of sp³-hybridized carbons (Fsp3) is 1.00. The monoisotopic (exact) mass is 238 g/mol. The molecule has 2 aliphatic rings. The summed E-state index contributed by atoms with van der Waals surface area (Å²) in [6.07, 6.45) is 5.56. The first-order valence-electron chi connectivity index (χ1n) is 7.32. The molecule has 1 heterocycles. The second-order valence-electron chi connectivity index (χ2n) is 7.80. The molecule has 1 aliphatic heterocycles. The lowest BCUT2D eigenvalue weighted by Crippen LogP contribution is -2.47. The zero-order valence-corrected chi connectivity index (χ0v) is 12.2. The molecule has 1 aliphatic carbocycles. The number of piperidine rings is 1. The Kier molecular flexibility index (Phi) is 3.84. The molecule has 1 saturated carbocycles. The van der Waals surface area contributed by atoms with Crippen molar-refractivity contribution >= 4 is 0 Å². The molecule has 0 amide bonds. The van der Waals surface area contributed by atoms with E-state index in [-0.39, 0.29) is 0 Å². The summed E-state index contributed by atoms with van der Waals surface area (Å²) in [5.74, 6) is 0. The van der Waals surface area contributed by atoms with Gasteiger partial charge in [-0.25, -0.2) is 0 Å². The second kappa shape index (κ2) is 4.89. The zero-order chi connectivity index (χ0) is 12.5. The Morgan fingerprint density at radius 1 is 1.29 bits per heavy atom. The largest absolute Gasteiger partial charge is 0.313 e. The van der Waals surface area contributed by atoms with Crippen LogP contribution in [0.5, 0.6) is 0 Å². The van der Waals surface area contributed by atoms with Crippen molar-refractivity contribution in [2.24, 2.45) is 10.8 Å². The molecule has 0 aromatic heterocycles. The highest BCUT2D eigenvalue weighted by Crippen LogP contribution is 2.30. The van der Waals surface area contributed by atoms with Gasteiger partial charge < -0.3 is 10.2 Å². The molecule has 1 N–H and O–H groups in total. The number of hydrogen-bond acceptors (Lipinski definition) is 2. The van der Waals surface area contributed by atoms with E-state index in [1.165, 1.54) is 51.9 Å². The molecule has 17 heavy (non-hydrogen) atoms. The van der Waals surface area contributed by atoms with Crippen molar-refractivity contribution in [2.75, 3.05) is 26.2 Å². The van der Waals surface area contributed by atoms with Gasteiger partial charge in [-0.2, -0.15) is 0 Å². The summed E-state index contributed by atoms with van der Waals surface area (Å²) in [5, 5.41) is 3.68. The van der Waals surface area contributed by atoms with Crippen LogP contribution in [0.4, 0.5) is 0 Å². The lowest BCUT2D eigenvalue weighted by Gasteiger charge is -2.41. The van der Waals surface area contributed by atoms with Crippen molar-refractivity contribution in [3.05, 3.63) is 0 Å². The molecular formula is C15H30N2. The normalized spacial score (nSPS) is 26.1. The van der Waals surface area contributed by atoms with Crippen molar-refractivity contribution < 1.29 is 0 Å². The first kappa shape index (κ1) is 13.4. The van der Waals surface area contributed by atoms with Crippen molar-refractivity contribution in [2.45, 2.75) is 59.4 Å². The fourth-order valence-corrected chi connectivity index (χ4v) is 3.05. The molecule has 0 spiro atoms. The van der Waals surface area contributed by atoms with Crippen LogP contribution in [0.15, 0.2) is 0 Å². The van der Waals surface area contributed by atoms with E-state index >= 15 is 0 Å². The highest BCUT2D eigenvalue weighted by molar-refractivity contribution is 4.87. The number of likely N-dealkylation sites (tertiary alicyclic amines) is 1. The third kappa shape index (κ3) is 4.59. The molecule has 0 atom stereocenters. The van der Waals surface area contributed by atoms with Gasteiger partial charge in [0.15, 0.2) is 0 Å². The molecule has 0 aromatic carbocycles. The SMILES string of the molecule is CC1(C)CCCN(CC(C)(C)CNC2CC2)C1. The van der Waals surface area contributed by atoms with Crippen molar-refractivity contribution in [3.63, 3.8) is 0 Å². The smallest absolute Gasteiger partial charge is 0.00684 e. The standard InChI is InChI=1S/C15H30N2/c1-14(2)8-5-9-17(11-14)12-15(3,4)10-16-13-6-7-13/h13,16H,5-12H2,1-4H3. The fourth-order valence-electron chi connectivity index (χ4n) is 3.05. The van der Waals surface area contributed by atoms with Crippen LogP contribution in [0.1, 0.15) is 53.4 Å². The number of nitrogens with one attached hydrogen (secondary N) is 1. The maximum atomic E-state index is 3.68. The predicted octanol–water partition coefficient (Wildman–Crippen LogP) is 2.89. The van der Waals surface area contributed by atoms with Gasteiger partial charge in [0.05, 0.1) is 0 Å². The minimum Gasteiger partial charge on any atom is -0.313 e. The van der Waals surface area contributed by atoms with Gasteiger partial charge in [-0.15, -0.1) is 0 Å². The van der Waals surface area contributed by atoms with E-state index in [0.717, 1.165) is 6.04 Å². The minimum atomic E-state index is 0.413. The van der Waals surface area contributed by atoms with Crippen LogP contribution >= 0.6 is 0 Å². The first-order chi connectivity index (χ1) is 7.86. The zero-order valence-electron chi connectivity index (χ0n) is 12.2. The van der Waals surface area contributed by atoms with E-state index in [1.807, 2.05) is 0 Å². The Morgan fingerprint density at radius 3 is 2.59 bits per heavy atom. The maximum Gasteiger partial charge on any atom is 0.00684 e. The highest BCUT2D eigenvalue weighted by atomic mass is 15.1. The first-order valence-corrected chi connectivity index (χ1v) is 7.32. The molecule has 1 saturated heterocycles. The van der Waals surface area contributed by atoms with E-state index < -0.39 is 0 Å². The van der Waals surface area contributed by atoms with E-state index in [4.69, 9.17) is 0 Å². The summed E-state index contributed by atoms with van der Waals surface area (Å²) in [4.78, 5) is 2.68. The topological polar surface area (TPSA) is 15.3 Å². The third-order valence-electron chi connectivity index (χ3n) is 4.08. The van der Waals surface area contributed by atoms with Crippen LogP contribution in [-0.4, -0.2) is 37.1 Å². The molecule has 0 aromatic rings. The van der Waals surface area contributed by atoms with Crippen LogP contribution in [0.2, 0.25) is 0 Å². The predicted molar refractivity (Wildman–Crippen MR) is 74.3 cm³/mol. The van der Waals surface area contributed by atoms with Gasteiger partial charge in [0.1, 0.15) is 0 Å². The van der Waals surface area contributed by atoms with Crippen molar-refractivity contribution in [1.82, 2.24) is 10.2 Å². The molecule has 2 heteroatoms. The van der Waals surface area contributed by atoms with Gasteiger partial charge in [-0.05, 0) is 43.1 Å². The minimum absolute atomic E-state index is 0.413. The molecule has 0 bridgehead atoms. The number of nitrogens with zero attached hydrogens (tertiary/aromatic N) is 1. The Hall–Kier alpha value is -0.0800. The van der Waals surface area contributed by atoms with Gasteiger partial charge >= 0.3 is 0 Å². The molecular weight excluding hydrogens is 208 g/mol. The van der Waals surface area contributed by atoms with E-state index in [0.29, 0.717) is 10.8 Å². The lowest BCUT2D eigenvalue weighted by atomic mass is 9.82. The highest BCUT2D eigenvalue weighted by Gasteiger charge is 2.31. The third-order valence-corrected chi connectivity index (χ3v) is 4.08. The molecule has 0 radical (unpaired) electrons. The summed E-state index contributed by atoms with van der Waals surface area (Å²) >= 11 is 0. The van der Waals surface area contributed by atoms with Gasteiger partial charge in [0, 0.05) is 25.7 Å². The van der Waals surface area contributed by atoms with Crippen molar-refractivity contribution in [3.8, 4) is 0 Å². The van der Waals surface area contributed by atoms with Crippen molar-refractivity contribution in [1.29, 1.82) is 0 Å². The Morgan fingerprint density at radius 2 is 2.00 bits per heavy atom. The van der Waals surface area contributed by atoms with E-state index in [1.54, 1.807) is 0 Å². The van der Waals surface area contributed by atoms with Gasteiger partial charge in [-0.1, -0.05) is 27.7 Å².